The topological polar surface area (TPSA) is 222 Å². The summed E-state index contributed by atoms with van der Waals surface area (Å²) in [6.45, 7) is -0.333. The lowest BCUT2D eigenvalue weighted by Gasteiger charge is -2.46. The molecular formula is C58H56N4O14. The van der Waals surface area contributed by atoms with E-state index < -0.39 is 88.8 Å². The number of nitro benzene ring substituents is 1. The number of non-ortho nitro benzene ring substituents is 1. The van der Waals surface area contributed by atoms with Crippen LogP contribution in [0.1, 0.15) is 90.1 Å². The summed E-state index contributed by atoms with van der Waals surface area (Å²) in [6.07, 6.45) is 1.48. The Bertz CT molecular complexity index is 3050. The summed E-state index contributed by atoms with van der Waals surface area (Å²) in [4.78, 5) is 105. The molecule has 0 aliphatic carbocycles. The average molecular weight is 1030 g/mol. The molecule has 9 rings (SSSR count). The molecule has 392 valence electrons. The van der Waals surface area contributed by atoms with Crippen molar-refractivity contribution in [1.29, 1.82) is 0 Å². The molecular weight excluding hydrogens is 977 g/mol. The Balaban J connectivity index is 1.33. The first kappa shape index (κ1) is 52.5. The van der Waals surface area contributed by atoms with Gasteiger partial charge in [-0.3, -0.25) is 39.0 Å². The number of methoxy groups -OCH3 is 2. The largest absolute Gasteiger partial charge is 0.491 e. The van der Waals surface area contributed by atoms with Crippen LogP contribution < -0.4 is 9.64 Å². The van der Waals surface area contributed by atoms with Crippen molar-refractivity contribution in [2.24, 2.45) is 11.8 Å². The summed E-state index contributed by atoms with van der Waals surface area (Å²) in [5, 5.41) is 21.7. The maximum Gasteiger partial charge on any atom is 0.421 e. The number of anilines is 1. The lowest BCUT2D eigenvalue weighted by Crippen LogP contribution is -2.56. The van der Waals surface area contributed by atoms with Crippen LogP contribution in [0.3, 0.4) is 0 Å². The molecule has 0 aromatic heterocycles. The Morgan fingerprint density at radius 3 is 2.08 bits per heavy atom. The van der Waals surface area contributed by atoms with Gasteiger partial charge in [0.1, 0.15) is 36.5 Å². The Labute approximate surface area is 438 Å². The van der Waals surface area contributed by atoms with E-state index in [4.69, 9.17) is 23.7 Å². The molecule has 0 saturated carbocycles. The van der Waals surface area contributed by atoms with Gasteiger partial charge in [0, 0.05) is 42.8 Å². The van der Waals surface area contributed by atoms with Crippen molar-refractivity contribution < 1.29 is 62.5 Å². The molecule has 5 aromatic rings. The third kappa shape index (κ3) is 9.86. The van der Waals surface area contributed by atoms with Gasteiger partial charge in [-0.15, -0.1) is 0 Å². The maximum atomic E-state index is 16.8. The van der Waals surface area contributed by atoms with Crippen LogP contribution in [0.15, 0.2) is 127 Å². The summed E-state index contributed by atoms with van der Waals surface area (Å²) in [7, 11) is 2.27. The first-order valence-corrected chi connectivity index (χ1v) is 25.2. The number of benzene rings is 5. The molecule has 6 unspecified atom stereocenters. The van der Waals surface area contributed by atoms with Gasteiger partial charge < -0.3 is 33.7 Å². The zero-order valence-corrected chi connectivity index (χ0v) is 41.9. The molecule has 1 spiro atoms. The number of carbonyl (C=O) groups excluding carboxylic acids is 6. The number of morpholine rings is 1. The molecule has 4 aliphatic heterocycles. The van der Waals surface area contributed by atoms with Crippen LogP contribution in [0.5, 0.6) is 5.75 Å². The first-order chi connectivity index (χ1) is 36.9. The average Bonchev–Trinajstić information content (AvgIpc) is 4.04. The van der Waals surface area contributed by atoms with E-state index in [1.807, 2.05) is 65.6 Å². The smallest absolute Gasteiger partial charge is 0.421 e. The standard InChI is InChI=1S/C58H56N4O14/c1-72-53(65)43(54(66)73-2)23-16-17-37-27-30-45-44(35-37)58(56(68)60(45)57(69)75-36-38-25-28-41(29-26-38)62(70)71)47(52(64)59-31-14-4-3-5-15-32-59)49-55(67)76-50(40-20-10-7-11-21-40)48(39-18-8-6-9-19-39)61(49)51(58)42-22-12-13-24-46(42)74-34-33-63/h6-13,18-22,24-30,35,43,47-51,63H,3-5,14-15,23,31-34,36H2,1-2H3. The van der Waals surface area contributed by atoms with Crippen LogP contribution in [0, 0.1) is 33.8 Å². The summed E-state index contributed by atoms with van der Waals surface area (Å²) in [5.41, 5.74) is 0.0147. The van der Waals surface area contributed by atoms with Crippen molar-refractivity contribution in [2.45, 2.75) is 74.8 Å². The van der Waals surface area contributed by atoms with Gasteiger partial charge >= 0.3 is 24.0 Å². The van der Waals surface area contributed by atoms with Crippen molar-refractivity contribution >= 4 is 47.2 Å². The van der Waals surface area contributed by atoms with E-state index in [1.54, 1.807) is 35.2 Å². The zero-order valence-electron chi connectivity index (χ0n) is 41.9. The van der Waals surface area contributed by atoms with Gasteiger partial charge in [-0.05, 0) is 71.5 Å². The number of aliphatic hydroxyl groups excluding tert-OH is 1. The molecule has 0 radical (unpaired) electrons. The van der Waals surface area contributed by atoms with Crippen molar-refractivity contribution in [3.8, 4) is 17.6 Å². The fourth-order valence-electron chi connectivity index (χ4n) is 11.3. The van der Waals surface area contributed by atoms with E-state index in [-0.39, 0.29) is 47.9 Å². The molecule has 4 aliphatic rings. The number of carbonyl (C=O) groups is 6. The van der Waals surface area contributed by atoms with Gasteiger partial charge in [0.15, 0.2) is 5.92 Å². The van der Waals surface area contributed by atoms with Gasteiger partial charge in [-0.1, -0.05) is 110 Å². The summed E-state index contributed by atoms with van der Waals surface area (Å²) in [6, 6.07) is 31.6. The predicted molar refractivity (Wildman–Crippen MR) is 273 cm³/mol. The van der Waals surface area contributed by atoms with Crippen LogP contribution in [-0.2, 0) is 54.9 Å². The maximum absolute atomic E-state index is 16.8. The Hall–Kier alpha value is -8.40. The van der Waals surface area contributed by atoms with Gasteiger partial charge in [-0.25, -0.2) is 9.69 Å². The molecule has 18 heteroatoms. The van der Waals surface area contributed by atoms with E-state index in [0.717, 1.165) is 38.4 Å². The number of cyclic esters (lactones) is 1. The van der Waals surface area contributed by atoms with Gasteiger partial charge in [0.25, 0.3) is 5.69 Å². The minimum atomic E-state index is -2.22. The highest BCUT2D eigenvalue weighted by atomic mass is 16.6. The first-order valence-electron chi connectivity index (χ1n) is 25.2. The fourth-order valence-corrected chi connectivity index (χ4v) is 11.3. The molecule has 4 heterocycles. The van der Waals surface area contributed by atoms with Crippen molar-refractivity contribution in [3.05, 3.63) is 171 Å². The van der Waals surface area contributed by atoms with Crippen molar-refractivity contribution in [3.63, 3.8) is 0 Å². The van der Waals surface area contributed by atoms with Crippen molar-refractivity contribution in [2.75, 3.05) is 45.4 Å². The highest BCUT2D eigenvalue weighted by Crippen LogP contribution is 2.67. The fraction of sp³-hybridized carbons (Fsp3) is 0.345. The lowest BCUT2D eigenvalue weighted by atomic mass is 9.64. The van der Waals surface area contributed by atoms with Crippen LogP contribution in [-0.4, -0.2) is 102 Å². The van der Waals surface area contributed by atoms with Gasteiger partial charge in [0.2, 0.25) is 11.8 Å². The number of ether oxygens (including phenoxy) is 5. The predicted octanol–water partition coefficient (Wildman–Crippen LogP) is 7.46. The molecule has 76 heavy (non-hydrogen) atoms. The number of likely N-dealkylation sites (tertiary alicyclic amines) is 1. The molecule has 6 atom stereocenters. The Kier molecular flexibility index (Phi) is 15.9. The summed E-state index contributed by atoms with van der Waals surface area (Å²) < 4.78 is 28.6. The number of fused-ring (bicyclic) bond motifs is 3. The van der Waals surface area contributed by atoms with E-state index in [2.05, 4.69) is 11.8 Å². The SMILES string of the molecule is COC(=O)C(CC#Cc1ccc2c(c1)C1(C(=O)N2C(=O)OCc2ccc([N+](=O)[O-])cc2)C(C(=O)N2CCCCCCC2)C2C(=O)OC(c3ccccc3)C(c3ccccc3)N2C1c1ccccc1OCCO)C(=O)OC. The summed E-state index contributed by atoms with van der Waals surface area (Å²) >= 11 is 0. The Morgan fingerprint density at radius 1 is 0.803 bits per heavy atom. The number of imide groups is 1. The molecule has 1 N–H and O–H groups in total. The molecule has 18 nitrogen and oxygen atoms in total. The monoisotopic (exact) mass is 1030 g/mol. The normalized spacial score (nSPS) is 22.0. The number of esters is 3. The molecule has 3 amide bonds. The minimum Gasteiger partial charge on any atom is -0.491 e. The summed E-state index contributed by atoms with van der Waals surface area (Å²) in [5.74, 6) is -0.810. The molecule has 3 fully saturated rings. The van der Waals surface area contributed by atoms with E-state index in [1.165, 1.54) is 36.4 Å². The lowest BCUT2D eigenvalue weighted by molar-refractivity contribution is -0.384. The molecule has 3 saturated heterocycles. The van der Waals surface area contributed by atoms with Crippen LogP contribution in [0.4, 0.5) is 16.2 Å². The quantitative estimate of drug-likeness (QED) is 0.0302. The van der Waals surface area contributed by atoms with E-state index in [9.17, 15) is 24.8 Å². The number of nitro groups is 1. The second-order valence-corrected chi connectivity index (χ2v) is 18.9. The number of hydrogen-bond acceptors (Lipinski definition) is 15. The van der Waals surface area contributed by atoms with Crippen molar-refractivity contribution in [1.82, 2.24) is 9.80 Å². The third-order valence-corrected chi connectivity index (χ3v) is 14.7. The van der Waals surface area contributed by atoms with Gasteiger partial charge in [0.05, 0.1) is 49.4 Å². The number of amides is 3. The van der Waals surface area contributed by atoms with Gasteiger partial charge in [-0.2, -0.15) is 0 Å². The highest BCUT2D eigenvalue weighted by molar-refractivity contribution is 6.23. The van der Waals surface area contributed by atoms with E-state index in [0.29, 0.717) is 48.2 Å². The van der Waals surface area contributed by atoms with Crippen LogP contribution >= 0.6 is 0 Å². The second-order valence-electron chi connectivity index (χ2n) is 18.9. The van der Waals surface area contributed by atoms with E-state index >= 15 is 19.2 Å². The molecule has 5 aromatic carbocycles. The zero-order chi connectivity index (χ0) is 53.5. The Morgan fingerprint density at radius 2 is 1.43 bits per heavy atom. The van der Waals surface area contributed by atoms with Crippen LogP contribution in [0.25, 0.3) is 0 Å². The minimum absolute atomic E-state index is 0.0135. The number of rotatable bonds is 13. The number of aliphatic hydroxyl groups is 1. The number of para-hydroxylation sites is 1. The number of hydrogen-bond donors (Lipinski definition) is 1. The second kappa shape index (κ2) is 23.0. The highest BCUT2D eigenvalue weighted by Gasteiger charge is 2.76. The molecule has 0 bridgehead atoms. The number of nitrogens with zero attached hydrogens (tertiary/aromatic N) is 4. The third-order valence-electron chi connectivity index (χ3n) is 14.7. The van der Waals surface area contributed by atoms with Crippen LogP contribution in [0.2, 0.25) is 0 Å².